The Balaban J connectivity index is 1.95. The van der Waals surface area contributed by atoms with Gasteiger partial charge in [-0.25, -0.2) is 4.98 Å². The highest BCUT2D eigenvalue weighted by molar-refractivity contribution is 6.31. The molecule has 0 fully saturated rings. The Hall–Kier alpha value is -2.87. The summed E-state index contributed by atoms with van der Waals surface area (Å²) in [6.07, 6.45) is -2.67. The first-order valence-corrected chi connectivity index (χ1v) is 9.05. The van der Waals surface area contributed by atoms with Crippen molar-refractivity contribution in [3.05, 3.63) is 74.8 Å². The number of benzene rings is 1. The van der Waals surface area contributed by atoms with Gasteiger partial charge in [0.15, 0.2) is 16.6 Å². The average molecular weight is 424 g/mol. The SMILES string of the molecule is Cc1ccc(C(C)C)cc1Oc1cnn(-c2ccc(C(F)(F)F)cn2)c(=O)c1Cl. The van der Waals surface area contributed by atoms with Gasteiger partial charge in [-0.3, -0.25) is 4.79 Å². The van der Waals surface area contributed by atoms with Crippen LogP contribution < -0.4 is 10.3 Å². The largest absolute Gasteiger partial charge is 0.454 e. The molecule has 0 aliphatic heterocycles. The van der Waals surface area contributed by atoms with E-state index in [1.54, 1.807) is 0 Å². The third kappa shape index (κ3) is 4.42. The van der Waals surface area contributed by atoms with Crippen molar-refractivity contribution in [1.82, 2.24) is 14.8 Å². The number of aryl methyl sites for hydroxylation is 1. The molecule has 2 aromatic heterocycles. The Bertz CT molecular complexity index is 1090. The van der Waals surface area contributed by atoms with E-state index in [-0.39, 0.29) is 22.5 Å². The van der Waals surface area contributed by atoms with Crippen molar-refractivity contribution in [1.29, 1.82) is 0 Å². The number of nitrogens with zero attached hydrogens (tertiary/aromatic N) is 3. The molecule has 0 radical (unpaired) electrons. The van der Waals surface area contributed by atoms with E-state index in [0.717, 1.165) is 27.9 Å². The minimum atomic E-state index is -4.53. The summed E-state index contributed by atoms with van der Waals surface area (Å²) in [5.74, 6) is 0.772. The van der Waals surface area contributed by atoms with Crippen LogP contribution in [0.3, 0.4) is 0 Å². The summed E-state index contributed by atoms with van der Waals surface area (Å²) in [5.41, 5.74) is 0.214. The van der Waals surface area contributed by atoms with Crippen LogP contribution in [0.25, 0.3) is 5.82 Å². The maximum absolute atomic E-state index is 12.7. The highest BCUT2D eigenvalue weighted by Crippen LogP contribution is 2.31. The van der Waals surface area contributed by atoms with Crippen LogP contribution >= 0.6 is 11.6 Å². The molecule has 0 N–H and O–H groups in total. The zero-order valence-corrected chi connectivity index (χ0v) is 16.5. The van der Waals surface area contributed by atoms with Crippen molar-refractivity contribution in [3.63, 3.8) is 0 Å². The number of hydrogen-bond acceptors (Lipinski definition) is 4. The van der Waals surface area contributed by atoms with E-state index in [9.17, 15) is 18.0 Å². The number of rotatable bonds is 4. The van der Waals surface area contributed by atoms with Crippen molar-refractivity contribution in [2.45, 2.75) is 32.9 Å². The van der Waals surface area contributed by atoms with Crippen LogP contribution in [0.1, 0.15) is 36.5 Å². The Morgan fingerprint density at radius 3 is 2.41 bits per heavy atom. The molecule has 0 amide bonds. The number of ether oxygens (including phenoxy) is 1. The lowest BCUT2D eigenvalue weighted by Crippen LogP contribution is -2.23. The Kier molecular flexibility index (Phi) is 5.66. The fraction of sp³-hybridized carbons (Fsp3) is 0.250. The number of aromatic nitrogens is 3. The summed E-state index contributed by atoms with van der Waals surface area (Å²) in [5, 5.41) is 3.68. The van der Waals surface area contributed by atoms with Gasteiger partial charge in [-0.2, -0.15) is 23.0 Å². The van der Waals surface area contributed by atoms with Crippen molar-refractivity contribution in [3.8, 4) is 17.3 Å². The molecule has 0 unspecified atom stereocenters. The van der Waals surface area contributed by atoms with Gasteiger partial charge in [-0.1, -0.05) is 37.6 Å². The first-order chi connectivity index (χ1) is 13.6. The third-order valence-corrected chi connectivity index (χ3v) is 4.63. The van der Waals surface area contributed by atoms with Crippen LogP contribution in [0.15, 0.2) is 47.5 Å². The summed E-state index contributed by atoms with van der Waals surface area (Å²) in [6, 6.07) is 7.61. The molecule has 9 heteroatoms. The van der Waals surface area contributed by atoms with Crippen LogP contribution in [-0.4, -0.2) is 14.8 Å². The van der Waals surface area contributed by atoms with Crippen LogP contribution in [0.4, 0.5) is 13.2 Å². The van der Waals surface area contributed by atoms with Crippen LogP contribution in [0.2, 0.25) is 5.02 Å². The lowest BCUT2D eigenvalue weighted by molar-refractivity contribution is -0.137. The summed E-state index contributed by atoms with van der Waals surface area (Å²) in [7, 11) is 0. The molecule has 0 aliphatic carbocycles. The van der Waals surface area contributed by atoms with Gasteiger partial charge in [-0.15, -0.1) is 0 Å². The molecular formula is C20H17ClF3N3O2. The molecular weight excluding hydrogens is 407 g/mol. The van der Waals surface area contributed by atoms with Crippen LogP contribution in [-0.2, 0) is 6.18 Å². The van der Waals surface area contributed by atoms with E-state index >= 15 is 0 Å². The van der Waals surface area contributed by atoms with E-state index < -0.39 is 17.3 Å². The van der Waals surface area contributed by atoms with E-state index in [2.05, 4.69) is 10.1 Å². The summed E-state index contributed by atoms with van der Waals surface area (Å²) < 4.78 is 44.6. The minimum Gasteiger partial charge on any atom is -0.454 e. The van der Waals surface area contributed by atoms with Gasteiger partial charge < -0.3 is 4.74 Å². The van der Waals surface area contributed by atoms with E-state index in [1.165, 1.54) is 6.20 Å². The highest BCUT2D eigenvalue weighted by Gasteiger charge is 2.30. The molecule has 1 aromatic carbocycles. The molecule has 0 saturated heterocycles. The third-order valence-electron chi connectivity index (χ3n) is 4.28. The van der Waals surface area contributed by atoms with Gasteiger partial charge in [0.25, 0.3) is 5.56 Å². The molecule has 0 spiro atoms. The first kappa shape index (κ1) is 20.9. The van der Waals surface area contributed by atoms with Crippen molar-refractivity contribution in [2.75, 3.05) is 0 Å². The molecule has 3 aromatic rings. The van der Waals surface area contributed by atoms with Crippen molar-refractivity contribution < 1.29 is 17.9 Å². The fourth-order valence-corrected chi connectivity index (χ4v) is 2.70. The molecule has 29 heavy (non-hydrogen) atoms. The van der Waals surface area contributed by atoms with Gasteiger partial charge >= 0.3 is 6.18 Å². The van der Waals surface area contributed by atoms with Gasteiger partial charge in [0.1, 0.15) is 5.75 Å². The van der Waals surface area contributed by atoms with Crippen LogP contribution in [0, 0.1) is 6.92 Å². The number of alkyl halides is 3. The smallest absolute Gasteiger partial charge is 0.417 e. The lowest BCUT2D eigenvalue weighted by atomic mass is 10.0. The molecule has 152 valence electrons. The topological polar surface area (TPSA) is 57.0 Å². The summed E-state index contributed by atoms with van der Waals surface area (Å²) in [4.78, 5) is 16.2. The lowest BCUT2D eigenvalue weighted by Gasteiger charge is -2.14. The van der Waals surface area contributed by atoms with E-state index in [4.69, 9.17) is 16.3 Å². The quantitative estimate of drug-likeness (QED) is 0.554. The summed E-state index contributed by atoms with van der Waals surface area (Å²) in [6.45, 7) is 5.94. The standard InChI is InChI=1S/C20H17ClF3N3O2/c1-11(2)13-5-4-12(3)15(8-13)29-16-10-26-27(19(28)18(16)21)17-7-6-14(9-25-17)20(22,23)24/h4-11H,1-3H3. The number of pyridine rings is 1. The van der Waals surface area contributed by atoms with E-state index in [0.29, 0.717) is 11.9 Å². The molecule has 5 nitrogen and oxygen atoms in total. The fourth-order valence-electron chi connectivity index (χ4n) is 2.54. The second-order valence-electron chi connectivity index (χ2n) is 6.72. The average Bonchev–Trinajstić information content (AvgIpc) is 2.66. The van der Waals surface area contributed by atoms with Gasteiger partial charge in [0.05, 0.1) is 11.8 Å². The molecule has 2 heterocycles. The second kappa shape index (κ2) is 7.87. The van der Waals surface area contributed by atoms with Crippen molar-refractivity contribution >= 4 is 11.6 Å². The maximum Gasteiger partial charge on any atom is 0.417 e. The summed E-state index contributed by atoms with van der Waals surface area (Å²) >= 11 is 6.15. The van der Waals surface area contributed by atoms with Crippen LogP contribution in [0.5, 0.6) is 11.5 Å². The molecule has 0 bridgehead atoms. The Morgan fingerprint density at radius 2 is 1.83 bits per heavy atom. The molecule has 0 aliphatic rings. The molecule has 0 atom stereocenters. The normalized spacial score (nSPS) is 11.7. The monoisotopic (exact) mass is 423 g/mol. The second-order valence-corrected chi connectivity index (χ2v) is 7.10. The minimum absolute atomic E-state index is 0.0452. The zero-order valence-electron chi connectivity index (χ0n) is 15.8. The van der Waals surface area contributed by atoms with Crippen molar-refractivity contribution in [2.24, 2.45) is 0 Å². The number of hydrogen-bond donors (Lipinski definition) is 0. The highest BCUT2D eigenvalue weighted by atomic mass is 35.5. The molecule has 3 rings (SSSR count). The first-order valence-electron chi connectivity index (χ1n) is 8.67. The van der Waals surface area contributed by atoms with Gasteiger partial charge in [-0.05, 0) is 42.2 Å². The number of halogens is 4. The zero-order chi connectivity index (χ0) is 21.3. The predicted molar refractivity (Wildman–Crippen MR) is 103 cm³/mol. The van der Waals surface area contributed by atoms with Gasteiger partial charge in [0, 0.05) is 6.20 Å². The molecule has 0 saturated carbocycles. The van der Waals surface area contributed by atoms with E-state index in [1.807, 2.05) is 39.0 Å². The Morgan fingerprint density at radius 1 is 1.10 bits per heavy atom. The predicted octanol–water partition coefficient (Wildman–Crippen LogP) is 5.52. The Labute approximate surface area is 169 Å². The van der Waals surface area contributed by atoms with Gasteiger partial charge in [0.2, 0.25) is 0 Å². The maximum atomic E-state index is 12.7.